The summed E-state index contributed by atoms with van der Waals surface area (Å²) in [6, 6.07) is 8.11. The molecular formula is C8H11OP. The van der Waals surface area contributed by atoms with Crippen molar-refractivity contribution in [3.8, 4) is 5.75 Å². The number of benzene rings is 1. The first-order valence-corrected chi connectivity index (χ1v) is 4.69. The van der Waals surface area contributed by atoms with Gasteiger partial charge in [0.25, 0.3) is 0 Å². The van der Waals surface area contributed by atoms with Gasteiger partial charge in [-0.05, 0) is 12.7 Å². The Balaban J connectivity index is 2.96. The van der Waals surface area contributed by atoms with Crippen LogP contribution in [0.4, 0.5) is 0 Å². The molecule has 1 rings (SSSR count). The van der Waals surface area contributed by atoms with Gasteiger partial charge < -0.3 is 4.74 Å². The average molecular weight is 154 g/mol. The van der Waals surface area contributed by atoms with E-state index in [1.54, 1.807) is 7.11 Å². The lowest BCUT2D eigenvalue weighted by Crippen LogP contribution is -1.98. The van der Waals surface area contributed by atoms with Gasteiger partial charge in [0.05, 0.1) is 7.11 Å². The van der Waals surface area contributed by atoms with Crippen molar-refractivity contribution in [2.24, 2.45) is 0 Å². The number of ether oxygens (including phenoxy) is 1. The van der Waals surface area contributed by atoms with Crippen LogP contribution in [0.3, 0.4) is 0 Å². The third-order valence-corrected chi connectivity index (χ3v) is 2.33. The monoisotopic (exact) mass is 154 g/mol. The fraction of sp³-hybridized carbons (Fsp3) is 0.250. The molecular weight excluding hydrogens is 143 g/mol. The molecule has 0 aliphatic heterocycles. The number of para-hydroxylation sites is 1. The molecule has 54 valence electrons. The molecule has 1 aromatic rings. The molecule has 1 nitrogen and oxygen atoms in total. The van der Waals surface area contributed by atoms with Gasteiger partial charge in [-0.1, -0.05) is 26.8 Å². The third kappa shape index (κ3) is 1.48. The Kier molecular flexibility index (Phi) is 2.70. The fourth-order valence-electron chi connectivity index (χ4n) is 0.851. The van der Waals surface area contributed by atoms with Crippen molar-refractivity contribution in [1.82, 2.24) is 0 Å². The number of rotatable bonds is 2. The molecule has 0 saturated carbocycles. The van der Waals surface area contributed by atoms with E-state index in [4.69, 9.17) is 4.74 Å². The highest BCUT2D eigenvalue weighted by molar-refractivity contribution is 7.46. The van der Waals surface area contributed by atoms with Crippen molar-refractivity contribution in [3.05, 3.63) is 24.3 Å². The Bertz CT molecular complexity index is 187. The number of methoxy groups -OCH3 is 1. The summed E-state index contributed by atoms with van der Waals surface area (Å²) < 4.78 is 5.14. The Labute approximate surface area is 63.2 Å². The van der Waals surface area contributed by atoms with E-state index in [2.05, 4.69) is 12.7 Å². The summed E-state index contributed by atoms with van der Waals surface area (Å²) in [5.41, 5.74) is 0. The van der Waals surface area contributed by atoms with Crippen molar-refractivity contribution < 1.29 is 4.74 Å². The zero-order chi connectivity index (χ0) is 7.40. The van der Waals surface area contributed by atoms with Crippen LogP contribution >= 0.6 is 8.58 Å². The van der Waals surface area contributed by atoms with Crippen LogP contribution in [0.15, 0.2) is 24.3 Å². The molecule has 2 heteroatoms. The molecule has 0 aromatic heterocycles. The molecule has 0 N–H and O–H groups in total. The lowest BCUT2D eigenvalue weighted by Gasteiger charge is -2.03. The summed E-state index contributed by atoms with van der Waals surface area (Å²) in [6.07, 6.45) is 0. The molecule has 0 saturated heterocycles. The zero-order valence-corrected chi connectivity index (χ0v) is 7.22. The van der Waals surface area contributed by atoms with Crippen LogP contribution in [0.25, 0.3) is 0 Å². The molecule has 1 aromatic carbocycles. The molecule has 0 bridgehead atoms. The molecule has 0 amide bonds. The van der Waals surface area contributed by atoms with Crippen LogP contribution in [0.1, 0.15) is 0 Å². The molecule has 1 atom stereocenters. The summed E-state index contributed by atoms with van der Waals surface area (Å²) in [5, 5.41) is 1.30. The molecule has 0 fully saturated rings. The Morgan fingerprint density at radius 2 is 2.00 bits per heavy atom. The Hall–Kier alpha value is -0.550. The maximum absolute atomic E-state index is 5.14. The van der Waals surface area contributed by atoms with Crippen molar-refractivity contribution in [3.63, 3.8) is 0 Å². The van der Waals surface area contributed by atoms with E-state index in [1.807, 2.05) is 18.2 Å². The maximum Gasteiger partial charge on any atom is 0.126 e. The largest absolute Gasteiger partial charge is 0.496 e. The van der Waals surface area contributed by atoms with Crippen LogP contribution in [-0.4, -0.2) is 13.8 Å². The van der Waals surface area contributed by atoms with Crippen LogP contribution in [0.2, 0.25) is 0 Å². The Morgan fingerprint density at radius 3 is 2.50 bits per heavy atom. The zero-order valence-electron chi connectivity index (χ0n) is 6.22. The normalized spacial score (nSPS) is 10.6. The van der Waals surface area contributed by atoms with E-state index in [0.717, 1.165) is 14.3 Å². The number of hydrogen-bond acceptors (Lipinski definition) is 1. The van der Waals surface area contributed by atoms with E-state index in [-0.39, 0.29) is 0 Å². The highest BCUT2D eigenvalue weighted by Crippen LogP contribution is 2.14. The van der Waals surface area contributed by atoms with Crippen molar-refractivity contribution in [2.45, 2.75) is 0 Å². The smallest absolute Gasteiger partial charge is 0.126 e. The van der Waals surface area contributed by atoms with E-state index < -0.39 is 0 Å². The predicted molar refractivity (Wildman–Crippen MR) is 46.9 cm³/mol. The van der Waals surface area contributed by atoms with Crippen LogP contribution in [-0.2, 0) is 0 Å². The van der Waals surface area contributed by atoms with Gasteiger partial charge in [0.1, 0.15) is 5.75 Å². The first-order chi connectivity index (χ1) is 4.88. The SMILES string of the molecule is COc1ccccc1PC. The summed E-state index contributed by atoms with van der Waals surface area (Å²) >= 11 is 0. The standard InChI is InChI=1S/C8H11OP/c1-9-7-5-3-4-6-8(7)10-2/h3-6,10H,1-2H3. The van der Waals surface area contributed by atoms with Gasteiger partial charge in [0.15, 0.2) is 0 Å². The van der Waals surface area contributed by atoms with Gasteiger partial charge in [-0.25, -0.2) is 0 Å². The second kappa shape index (κ2) is 3.58. The lowest BCUT2D eigenvalue weighted by atomic mass is 10.3. The lowest BCUT2D eigenvalue weighted by molar-refractivity contribution is 0.418. The van der Waals surface area contributed by atoms with Crippen molar-refractivity contribution >= 4 is 13.9 Å². The highest BCUT2D eigenvalue weighted by atomic mass is 31.1. The predicted octanol–water partition coefficient (Wildman–Crippen LogP) is 1.63. The van der Waals surface area contributed by atoms with E-state index in [1.165, 1.54) is 5.30 Å². The minimum Gasteiger partial charge on any atom is -0.496 e. The maximum atomic E-state index is 5.14. The summed E-state index contributed by atoms with van der Waals surface area (Å²) in [6.45, 7) is 2.15. The molecule has 0 radical (unpaired) electrons. The second-order valence-corrected chi connectivity index (χ2v) is 2.99. The summed E-state index contributed by atoms with van der Waals surface area (Å²) in [5.74, 6) is 1.00. The molecule has 0 spiro atoms. The van der Waals surface area contributed by atoms with E-state index in [9.17, 15) is 0 Å². The summed E-state index contributed by atoms with van der Waals surface area (Å²) in [7, 11) is 2.52. The third-order valence-electron chi connectivity index (χ3n) is 1.38. The molecule has 0 aliphatic carbocycles. The Morgan fingerprint density at radius 1 is 1.30 bits per heavy atom. The fourth-order valence-corrected chi connectivity index (χ4v) is 1.55. The minimum atomic E-state index is 0.811. The van der Waals surface area contributed by atoms with Gasteiger partial charge in [-0.15, -0.1) is 0 Å². The van der Waals surface area contributed by atoms with Crippen LogP contribution in [0.5, 0.6) is 5.75 Å². The number of hydrogen-bond donors (Lipinski definition) is 0. The second-order valence-electron chi connectivity index (χ2n) is 1.95. The summed E-state index contributed by atoms with van der Waals surface area (Å²) in [4.78, 5) is 0. The van der Waals surface area contributed by atoms with Gasteiger partial charge in [0, 0.05) is 5.30 Å². The topological polar surface area (TPSA) is 9.23 Å². The average Bonchev–Trinajstić information content (AvgIpc) is 2.04. The molecule has 10 heavy (non-hydrogen) atoms. The van der Waals surface area contributed by atoms with Crippen LogP contribution in [0, 0.1) is 0 Å². The van der Waals surface area contributed by atoms with E-state index >= 15 is 0 Å². The first-order valence-electron chi connectivity index (χ1n) is 3.19. The van der Waals surface area contributed by atoms with Gasteiger partial charge in [-0.2, -0.15) is 0 Å². The van der Waals surface area contributed by atoms with Gasteiger partial charge >= 0.3 is 0 Å². The molecule has 0 aliphatic rings. The van der Waals surface area contributed by atoms with Crippen LogP contribution < -0.4 is 10.0 Å². The van der Waals surface area contributed by atoms with Crippen molar-refractivity contribution in [1.29, 1.82) is 0 Å². The minimum absolute atomic E-state index is 0.811. The quantitative estimate of drug-likeness (QED) is 0.588. The van der Waals surface area contributed by atoms with Gasteiger partial charge in [0.2, 0.25) is 0 Å². The first kappa shape index (κ1) is 7.56. The van der Waals surface area contributed by atoms with Crippen molar-refractivity contribution in [2.75, 3.05) is 13.8 Å². The molecule has 0 heterocycles. The van der Waals surface area contributed by atoms with Gasteiger partial charge in [-0.3, -0.25) is 0 Å². The molecule has 1 unspecified atom stereocenters. The van der Waals surface area contributed by atoms with E-state index in [0.29, 0.717) is 0 Å². The highest BCUT2D eigenvalue weighted by Gasteiger charge is 1.95.